The zero-order chi connectivity index (χ0) is 11.9. The average molecular weight is 246 g/mol. The molecule has 86 valence electrons. The molecule has 0 saturated carbocycles. The molecular formula is C10H9F3N2S. The summed E-state index contributed by atoms with van der Waals surface area (Å²) in [6.07, 6.45) is -4.31. The van der Waals surface area contributed by atoms with Crippen molar-refractivity contribution in [3.05, 3.63) is 23.8 Å². The topological polar surface area (TPSA) is 16.1 Å². The summed E-state index contributed by atoms with van der Waals surface area (Å²) in [6, 6.07) is 3.63. The molecule has 1 aromatic heterocycles. The van der Waals surface area contributed by atoms with Crippen molar-refractivity contribution in [1.29, 1.82) is 0 Å². The Morgan fingerprint density at radius 1 is 1.25 bits per heavy atom. The molecule has 0 spiro atoms. The lowest BCUT2D eigenvalue weighted by Gasteiger charge is -2.05. The Hall–Kier alpha value is -1.30. The van der Waals surface area contributed by atoms with Gasteiger partial charge in [0.2, 0.25) is 0 Å². The number of alkyl halides is 3. The highest BCUT2D eigenvalue weighted by atomic mass is 32.1. The second kappa shape index (κ2) is 3.62. The maximum atomic E-state index is 12.4. The van der Waals surface area contributed by atoms with Gasteiger partial charge in [0.05, 0.1) is 15.8 Å². The van der Waals surface area contributed by atoms with Crippen molar-refractivity contribution < 1.29 is 13.2 Å². The van der Waals surface area contributed by atoms with Crippen LogP contribution in [0, 0.1) is 0 Å². The molecular weight excluding hydrogens is 237 g/mol. The Morgan fingerprint density at radius 3 is 2.50 bits per heavy atom. The zero-order valence-corrected chi connectivity index (χ0v) is 9.49. The van der Waals surface area contributed by atoms with E-state index in [1.54, 1.807) is 4.90 Å². The van der Waals surface area contributed by atoms with Crippen molar-refractivity contribution >= 4 is 26.7 Å². The summed E-state index contributed by atoms with van der Waals surface area (Å²) in [5, 5.41) is 0.703. The van der Waals surface area contributed by atoms with E-state index in [1.807, 2.05) is 14.1 Å². The van der Waals surface area contributed by atoms with Crippen molar-refractivity contribution in [2.45, 2.75) is 6.18 Å². The maximum Gasteiger partial charge on any atom is 0.416 e. The number of nitrogens with zero attached hydrogens (tertiary/aromatic N) is 2. The number of rotatable bonds is 1. The Bertz CT molecular complexity index is 516. The number of thiazole rings is 1. The summed E-state index contributed by atoms with van der Waals surface area (Å²) >= 11 is 1.37. The molecule has 0 atom stereocenters. The van der Waals surface area contributed by atoms with Crippen molar-refractivity contribution in [2.75, 3.05) is 19.0 Å². The van der Waals surface area contributed by atoms with Gasteiger partial charge in [0.1, 0.15) is 0 Å². The van der Waals surface area contributed by atoms with Gasteiger partial charge in [0, 0.05) is 14.1 Å². The van der Waals surface area contributed by atoms with E-state index in [9.17, 15) is 13.2 Å². The van der Waals surface area contributed by atoms with E-state index in [1.165, 1.54) is 17.4 Å². The van der Waals surface area contributed by atoms with Crippen LogP contribution < -0.4 is 4.90 Å². The average Bonchev–Trinajstić information content (AvgIpc) is 2.58. The van der Waals surface area contributed by atoms with Gasteiger partial charge in [0.15, 0.2) is 5.13 Å². The molecule has 0 N–H and O–H groups in total. The molecule has 16 heavy (non-hydrogen) atoms. The van der Waals surface area contributed by atoms with E-state index in [4.69, 9.17) is 0 Å². The Balaban J connectivity index is 2.54. The molecule has 0 aliphatic heterocycles. The predicted octanol–water partition coefficient (Wildman–Crippen LogP) is 3.38. The summed E-state index contributed by atoms with van der Waals surface area (Å²) in [5.74, 6) is 0. The van der Waals surface area contributed by atoms with Crippen LogP contribution in [0.3, 0.4) is 0 Å². The highest BCUT2D eigenvalue weighted by Gasteiger charge is 2.30. The van der Waals surface area contributed by atoms with Gasteiger partial charge < -0.3 is 4.90 Å². The third-order valence-electron chi connectivity index (χ3n) is 2.09. The summed E-state index contributed by atoms with van der Waals surface area (Å²) < 4.78 is 38.1. The van der Waals surface area contributed by atoms with E-state index >= 15 is 0 Å². The Labute approximate surface area is 94.3 Å². The van der Waals surface area contributed by atoms with E-state index in [-0.39, 0.29) is 0 Å². The first kappa shape index (κ1) is 11.2. The molecule has 6 heteroatoms. The molecule has 0 aliphatic carbocycles. The zero-order valence-electron chi connectivity index (χ0n) is 8.67. The van der Waals surface area contributed by atoms with Crippen LogP contribution in [0.4, 0.5) is 18.3 Å². The standard InChI is InChI=1S/C10H9F3N2S/c1-15(2)9-14-7-5-6(10(11,12)13)3-4-8(7)16-9/h3-5H,1-2H3. The fraction of sp³-hybridized carbons (Fsp3) is 0.300. The molecule has 0 amide bonds. The molecule has 2 aromatic rings. The first-order valence-corrected chi connectivity index (χ1v) is 5.34. The third kappa shape index (κ3) is 1.97. The van der Waals surface area contributed by atoms with Crippen molar-refractivity contribution in [3.63, 3.8) is 0 Å². The quantitative estimate of drug-likeness (QED) is 0.766. The van der Waals surface area contributed by atoms with Crippen LogP contribution in [0.1, 0.15) is 5.56 Å². The van der Waals surface area contributed by atoms with Crippen LogP contribution in [-0.4, -0.2) is 19.1 Å². The van der Waals surface area contributed by atoms with Crippen LogP contribution >= 0.6 is 11.3 Å². The molecule has 1 aromatic carbocycles. The van der Waals surface area contributed by atoms with Crippen LogP contribution in [0.25, 0.3) is 10.2 Å². The van der Waals surface area contributed by atoms with E-state index in [0.717, 1.165) is 16.8 Å². The molecule has 0 saturated heterocycles. The molecule has 0 bridgehead atoms. The van der Waals surface area contributed by atoms with Gasteiger partial charge in [-0.15, -0.1) is 0 Å². The maximum absolute atomic E-state index is 12.4. The molecule has 2 nitrogen and oxygen atoms in total. The van der Waals surface area contributed by atoms with Crippen molar-refractivity contribution in [3.8, 4) is 0 Å². The Morgan fingerprint density at radius 2 is 1.94 bits per heavy atom. The largest absolute Gasteiger partial charge is 0.416 e. The normalized spacial score (nSPS) is 12.1. The van der Waals surface area contributed by atoms with E-state index in [0.29, 0.717) is 10.6 Å². The number of fused-ring (bicyclic) bond motifs is 1. The highest BCUT2D eigenvalue weighted by Crippen LogP contribution is 2.34. The van der Waals surface area contributed by atoms with E-state index < -0.39 is 11.7 Å². The van der Waals surface area contributed by atoms with Crippen molar-refractivity contribution in [1.82, 2.24) is 4.98 Å². The SMILES string of the molecule is CN(C)c1nc2cc(C(F)(F)F)ccc2s1. The molecule has 1 heterocycles. The second-order valence-electron chi connectivity index (χ2n) is 3.57. The lowest BCUT2D eigenvalue weighted by Crippen LogP contribution is -2.07. The number of hydrogen-bond donors (Lipinski definition) is 0. The first-order valence-electron chi connectivity index (χ1n) is 4.53. The fourth-order valence-corrected chi connectivity index (χ4v) is 2.15. The summed E-state index contributed by atoms with van der Waals surface area (Å²) in [7, 11) is 3.62. The third-order valence-corrected chi connectivity index (χ3v) is 3.29. The van der Waals surface area contributed by atoms with Gasteiger partial charge >= 0.3 is 6.18 Å². The first-order chi connectivity index (χ1) is 7.38. The van der Waals surface area contributed by atoms with Crippen LogP contribution in [0.2, 0.25) is 0 Å². The molecule has 0 fully saturated rings. The molecule has 0 aliphatic rings. The number of anilines is 1. The molecule has 0 unspecified atom stereocenters. The van der Waals surface area contributed by atoms with Crippen molar-refractivity contribution in [2.24, 2.45) is 0 Å². The molecule has 2 rings (SSSR count). The van der Waals surface area contributed by atoms with Crippen LogP contribution in [0.5, 0.6) is 0 Å². The predicted molar refractivity (Wildman–Crippen MR) is 58.9 cm³/mol. The lowest BCUT2D eigenvalue weighted by molar-refractivity contribution is -0.137. The highest BCUT2D eigenvalue weighted by molar-refractivity contribution is 7.22. The lowest BCUT2D eigenvalue weighted by atomic mass is 10.2. The van der Waals surface area contributed by atoms with Gasteiger partial charge in [-0.3, -0.25) is 0 Å². The number of aromatic nitrogens is 1. The number of benzene rings is 1. The minimum Gasteiger partial charge on any atom is -0.354 e. The summed E-state index contributed by atoms with van der Waals surface area (Å²) in [5.41, 5.74) is -0.265. The van der Waals surface area contributed by atoms with E-state index in [2.05, 4.69) is 4.98 Å². The minimum absolute atomic E-state index is 0.392. The number of halogens is 3. The van der Waals surface area contributed by atoms with Crippen LogP contribution in [0.15, 0.2) is 18.2 Å². The Kier molecular flexibility index (Phi) is 2.53. The minimum atomic E-state index is -4.31. The summed E-state index contributed by atoms with van der Waals surface area (Å²) in [4.78, 5) is 5.91. The summed E-state index contributed by atoms with van der Waals surface area (Å²) in [6.45, 7) is 0. The number of hydrogen-bond acceptors (Lipinski definition) is 3. The molecule has 0 radical (unpaired) electrons. The van der Waals surface area contributed by atoms with Gasteiger partial charge in [-0.25, -0.2) is 4.98 Å². The van der Waals surface area contributed by atoms with Gasteiger partial charge in [0.25, 0.3) is 0 Å². The van der Waals surface area contributed by atoms with Gasteiger partial charge in [-0.05, 0) is 18.2 Å². The van der Waals surface area contributed by atoms with Gasteiger partial charge in [-0.2, -0.15) is 13.2 Å². The second-order valence-corrected chi connectivity index (χ2v) is 4.58. The monoisotopic (exact) mass is 246 g/mol. The van der Waals surface area contributed by atoms with Crippen LogP contribution in [-0.2, 0) is 6.18 Å². The smallest absolute Gasteiger partial charge is 0.354 e. The fourth-order valence-electron chi connectivity index (χ4n) is 1.28. The van der Waals surface area contributed by atoms with Gasteiger partial charge in [-0.1, -0.05) is 11.3 Å².